The van der Waals surface area contributed by atoms with Crippen molar-refractivity contribution in [3.8, 4) is 11.3 Å². The van der Waals surface area contributed by atoms with Gasteiger partial charge in [0.1, 0.15) is 5.69 Å². The maximum Gasteiger partial charge on any atom is 0.267 e. The highest BCUT2D eigenvalue weighted by Crippen LogP contribution is 2.30. The molecule has 3 nitrogen and oxygen atoms in total. The van der Waals surface area contributed by atoms with E-state index in [-0.39, 0.29) is 5.56 Å². The summed E-state index contributed by atoms with van der Waals surface area (Å²) in [4.78, 5) is 0. The van der Waals surface area contributed by atoms with Gasteiger partial charge in [-0.05, 0) is 19.1 Å². The van der Waals surface area contributed by atoms with Crippen LogP contribution in [-0.4, -0.2) is 9.78 Å². The van der Waals surface area contributed by atoms with Crippen molar-refractivity contribution in [3.05, 3.63) is 36.0 Å². The number of hydrogen-bond donors (Lipinski definition) is 1. The van der Waals surface area contributed by atoms with E-state index < -0.39 is 6.43 Å². The largest absolute Gasteiger partial charge is 0.399 e. The van der Waals surface area contributed by atoms with Gasteiger partial charge >= 0.3 is 0 Å². The van der Waals surface area contributed by atoms with Crippen LogP contribution in [0.5, 0.6) is 0 Å². The minimum atomic E-state index is -2.53. The molecule has 2 rings (SSSR count). The summed E-state index contributed by atoms with van der Waals surface area (Å²) in [7, 11) is 0. The Morgan fingerprint density at radius 1 is 1.29 bits per heavy atom. The predicted molar refractivity (Wildman–Crippen MR) is 62.7 cm³/mol. The van der Waals surface area contributed by atoms with E-state index in [1.54, 1.807) is 24.3 Å². The first-order chi connectivity index (χ1) is 8.11. The Morgan fingerprint density at radius 3 is 2.47 bits per heavy atom. The summed E-state index contributed by atoms with van der Waals surface area (Å²) in [5.74, 6) is 0. The second-order valence-electron chi connectivity index (χ2n) is 3.71. The van der Waals surface area contributed by atoms with Gasteiger partial charge in [0.25, 0.3) is 6.43 Å². The molecule has 2 aromatic rings. The van der Waals surface area contributed by atoms with Crippen molar-refractivity contribution >= 4 is 5.69 Å². The number of anilines is 1. The quantitative estimate of drug-likeness (QED) is 0.833. The van der Waals surface area contributed by atoms with Gasteiger partial charge in [-0.1, -0.05) is 12.1 Å². The van der Waals surface area contributed by atoms with Gasteiger partial charge < -0.3 is 5.73 Å². The number of aromatic nitrogens is 2. The van der Waals surface area contributed by atoms with Crippen molar-refractivity contribution in [2.24, 2.45) is 0 Å². The Bertz CT molecular complexity index is 503. The molecule has 0 amide bonds. The number of halogens is 2. The number of nitrogen functional groups attached to an aromatic ring is 1. The summed E-state index contributed by atoms with van der Waals surface area (Å²) in [5.41, 5.74) is 7.09. The molecule has 0 spiro atoms. The topological polar surface area (TPSA) is 43.8 Å². The lowest BCUT2D eigenvalue weighted by Crippen LogP contribution is -1.93. The van der Waals surface area contributed by atoms with Crippen molar-refractivity contribution in [1.82, 2.24) is 9.78 Å². The maximum atomic E-state index is 12.9. The number of aryl methyl sites for hydroxylation is 1. The van der Waals surface area contributed by atoms with Crippen molar-refractivity contribution < 1.29 is 8.78 Å². The number of nitrogens with two attached hydrogens (primary N) is 1. The fourth-order valence-electron chi connectivity index (χ4n) is 1.62. The number of alkyl halides is 2. The highest BCUT2D eigenvalue weighted by molar-refractivity contribution is 5.65. The normalized spacial score (nSPS) is 11.1. The minimum Gasteiger partial charge on any atom is -0.399 e. The fourth-order valence-corrected chi connectivity index (χ4v) is 1.62. The third-order valence-electron chi connectivity index (χ3n) is 2.53. The lowest BCUT2D eigenvalue weighted by atomic mass is 10.1. The molecule has 5 heteroatoms. The van der Waals surface area contributed by atoms with Crippen LogP contribution in [0, 0.1) is 0 Å². The van der Waals surface area contributed by atoms with Crippen LogP contribution in [0.25, 0.3) is 11.3 Å². The summed E-state index contributed by atoms with van der Waals surface area (Å²) in [6.45, 7) is 2.42. The first-order valence-corrected chi connectivity index (χ1v) is 5.33. The van der Waals surface area contributed by atoms with Crippen LogP contribution in [0.1, 0.15) is 18.9 Å². The highest BCUT2D eigenvalue weighted by Gasteiger charge is 2.18. The van der Waals surface area contributed by atoms with E-state index in [4.69, 9.17) is 5.73 Å². The molecule has 0 unspecified atom stereocenters. The van der Waals surface area contributed by atoms with Gasteiger partial charge in [0, 0.05) is 24.0 Å². The smallest absolute Gasteiger partial charge is 0.267 e. The van der Waals surface area contributed by atoms with Gasteiger partial charge in [-0.25, -0.2) is 8.78 Å². The summed E-state index contributed by atoms with van der Waals surface area (Å²) >= 11 is 0. The second kappa shape index (κ2) is 4.53. The summed E-state index contributed by atoms with van der Waals surface area (Å²) in [6.07, 6.45) is -1.14. The van der Waals surface area contributed by atoms with Crippen molar-refractivity contribution in [2.45, 2.75) is 19.9 Å². The summed E-state index contributed by atoms with van der Waals surface area (Å²) < 4.78 is 27.2. The fraction of sp³-hybridized carbons (Fsp3) is 0.250. The van der Waals surface area contributed by atoms with E-state index in [2.05, 4.69) is 5.10 Å². The molecule has 0 aliphatic carbocycles. The van der Waals surface area contributed by atoms with Crippen LogP contribution >= 0.6 is 0 Å². The molecule has 90 valence electrons. The van der Waals surface area contributed by atoms with Crippen LogP contribution in [0.2, 0.25) is 0 Å². The van der Waals surface area contributed by atoms with Gasteiger partial charge in [-0.2, -0.15) is 5.10 Å². The number of benzene rings is 1. The molecule has 0 saturated heterocycles. The van der Waals surface area contributed by atoms with E-state index in [9.17, 15) is 8.78 Å². The average molecular weight is 237 g/mol. The Morgan fingerprint density at radius 2 is 1.94 bits per heavy atom. The molecule has 2 N–H and O–H groups in total. The van der Waals surface area contributed by atoms with E-state index in [1.165, 1.54) is 10.9 Å². The third kappa shape index (κ3) is 2.27. The van der Waals surface area contributed by atoms with Crippen LogP contribution in [0.15, 0.2) is 30.5 Å². The minimum absolute atomic E-state index is 0.0448. The van der Waals surface area contributed by atoms with Gasteiger partial charge in [0.2, 0.25) is 0 Å². The second-order valence-corrected chi connectivity index (χ2v) is 3.71. The molecule has 0 atom stereocenters. The zero-order chi connectivity index (χ0) is 12.4. The number of rotatable bonds is 3. The zero-order valence-corrected chi connectivity index (χ0v) is 9.40. The van der Waals surface area contributed by atoms with E-state index >= 15 is 0 Å². The molecular weight excluding hydrogens is 224 g/mol. The van der Waals surface area contributed by atoms with E-state index in [0.717, 1.165) is 0 Å². The first kappa shape index (κ1) is 11.6. The molecule has 1 aromatic carbocycles. The Kier molecular flexibility index (Phi) is 3.08. The molecule has 0 radical (unpaired) electrons. The monoisotopic (exact) mass is 237 g/mol. The molecule has 0 aliphatic rings. The van der Waals surface area contributed by atoms with Crippen molar-refractivity contribution in [2.75, 3.05) is 5.73 Å². The molecule has 0 bridgehead atoms. The van der Waals surface area contributed by atoms with Gasteiger partial charge in [-0.3, -0.25) is 4.68 Å². The molecule has 0 fully saturated rings. The van der Waals surface area contributed by atoms with E-state index in [1.807, 2.05) is 6.92 Å². The van der Waals surface area contributed by atoms with Gasteiger partial charge in [0.15, 0.2) is 0 Å². The Balaban J connectivity index is 2.49. The zero-order valence-electron chi connectivity index (χ0n) is 9.40. The van der Waals surface area contributed by atoms with Crippen LogP contribution in [0.4, 0.5) is 14.5 Å². The highest BCUT2D eigenvalue weighted by atomic mass is 19.3. The Labute approximate surface area is 97.9 Å². The summed E-state index contributed by atoms with van der Waals surface area (Å²) in [6, 6.07) is 6.75. The van der Waals surface area contributed by atoms with Gasteiger partial charge in [0.05, 0.1) is 5.56 Å². The molecule has 0 saturated carbocycles. The molecule has 0 aliphatic heterocycles. The SMILES string of the molecule is CCn1cc(C(F)F)c(-c2ccc(N)cc2)n1. The van der Waals surface area contributed by atoms with Crippen LogP contribution < -0.4 is 5.73 Å². The summed E-state index contributed by atoms with van der Waals surface area (Å²) in [5, 5.41) is 4.15. The van der Waals surface area contributed by atoms with Crippen molar-refractivity contribution in [1.29, 1.82) is 0 Å². The number of nitrogens with zero attached hydrogens (tertiary/aromatic N) is 2. The average Bonchev–Trinajstić information content (AvgIpc) is 2.74. The van der Waals surface area contributed by atoms with Crippen LogP contribution in [0.3, 0.4) is 0 Å². The standard InChI is InChI=1S/C12H13F2N3/c1-2-17-7-10(12(13)14)11(16-17)8-3-5-9(15)6-4-8/h3-7,12H,2,15H2,1H3. The van der Waals surface area contributed by atoms with Gasteiger partial charge in [-0.15, -0.1) is 0 Å². The number of hydrogen-bond acceptors (Lipinski definition) is 2. The van der Waals surface area contributed by atoms with E-state index in [0.29, 0.717) is 23.5 Å². The predicted octanol–water partition coefficient (Wildman–Crippen LogP) is 3.09. The molecular formula is C12H13F2N3. The Hall–Kier alpha value is -1.91. The lowest BCUT2D eigenvalue weighted by Gasteiger charge is -2.01. The first-order valence-electron chi connectivity index (χ1n) is 5.33. The molecule has 17 heavy (non-hydrogen) atoms. The third-order valence-corrected chi connectivity index (χ3v) is 2.53. The lowest BCUT2D eigenvalue weighted by molar-refractivity contribution is 0.152. The molecule has 1 aromatic heterocycles. The maximum absolute atomic E-state index is 12.9. The molecule has 1 heterocycles. The van der Waals surface area contributed by atoms with Crippen molar-refractivity contribution in [3.63, 3.8) is 0 Å². The van der Waals surface area contributed by atoms with Crippen LogP contribution in [-0.2, 0) is 6.54 Å².